The minimum atomic E-state index is -1.05. The molecule has 1 fully saturated rings. The Bertz CT molecular complexity index is 1310. The van der Waals surface area contributed by atoms with E-state index in [-0.39, 0.29) is 0 Å². The molecule has 0 aliphatic carbocycles. The van der Waals surface area contributed by atoms with Crippen molar-refractivity contribution in [2.24, 2.45) is 0 Å². The van der Waals surface area contributed by atoms with E-state index in [0.29, 0.717) is 31.9 Å². The summed E-state index contributed by atoms with van der Waals surface area (Å²) in [7, 11) is 0. The third-order valence-electron chi connectivity index (χ3n) is 6.71. The van der Waals surface area contributed by atoms with Gasteiger partial charge in [0.05, 0.1) is 29.9 Å². The highest BCUT2D eigenvalue weighted by Gasteiger charge is 2.35. The Balaban J connectivity index is 1.47. The second-order valence-corrected chi connectivity index (χ2v) is 12.4. The lowest BCUT2D eigenvalue weighted by molar-refractivity contribution is 0.0461. The van der Waals surface area contributed by atoms with Crippen molar-refractivity contribution in [3.05, 3.63) is 59.7 Å². The molecule has 2 N–H and O–H groups in total. The Morgan fingerprint density at radius 1 is 1.16 bits per heavy atom. The number of nitrogens with one attached hydrogen (secondary N) is 1. The van der Waals surface area contributed by atoms with E-state index in [9.17, 15) is 14.5 Å². The fourth-order valence-electron chi connectivity index (χ4n) is 4.96. The summed E-state index contributed by atoms with van der Waals surface area (Å²) in [6.45, 7) is 9.55. The molecule has 0 radical (unpaired) electrons. The van der Waals surface area contributed by atoms with Crippen molar-refractivity contribution in [1.29, 1.82) is 0 Å². The Labute approximate surface area is 220 Å². The number of alkyl carbamates (subject to hydrolysis) is 1. The zero-order valence-corrected chi connectivity index (χ0v) is 22.5. The van der Waals surface area contributed by atoms with Crippen molar-refractivity contribution in [3.8, 4) is 0 Å². The Hall–Kier alpha value is -3.01. The van der Waals surface area contributed by atoms with Crippen LogP contribution in [0.5, 0.6) is 0 Å². The highest BCUT2D eigenvalue weighted by atomic mass is 32.2. The summed E-state index contributed by atoms with van der Waals surface area (Å²) in [5.41, 5.74) is 3.36. The van der Waals surface area contributed by atoms with Gasteiger partial charge in [0.25, 0.3) is 0 Å². The van der Waals surface area contributed by atoms with E-state index in [1.807, 2.05) is 64.1 Å². The fraction of sp³-hybridized carbons (Fsp3) is 0.429. The molecule has 3 aromatic rings. The summed E-state index contributed by atoms with van der Waals surface area (Å²) in [6.07, 6.45) is -1.28. The molecule has 0 spiro atoms. The van der Waals surface area contributed by atoms with Gasteiger partial charge in [-0.3, -0.25) is 0 Å². The summed E-state index contributed by atoms with van der Waals surface area (Å²) in [6, 6.07) is 15.6. The number of carbonyl (C=O) groups is 1. The summed E-state index contributed by atoms with van der Waals surface area (Å²) >= 11 is -1.05. The van der Waals surface area contributed by atoms with Crippen LogP contribution in [0.25, 0.3) is 10.9 Å². The second-order valence-electron chi connectivity index (χ2n) is 10.8. The molecule has 196 valence electrons. The molecular formula is C28H34N4O4S. The number of aryl methyl sites for hydroxylation is 1. The summed E-state index contributed by atoms with van der Waals surface area (Å²) < 4.78 is 18.2. The molecular weight excluding hydrogens is 488 g/mol. The number of nitrogens with zero attached hydrogens (tertiary/aromatic N) is 3. The van der Waals surface area contributed by atoms with Gasteiger partial charge in [-0.25, -0.2) is 9.78 Å². The average molecular weight is 523 g/mol. The number of ether oxygens (including phenoxy) is 1. The van der Waals surface area contributed by atoms with Gasteiger partial charge in [0, 0.05) is 36.7 Å². The Kier molecular flexibility index (Phi) is 6.95. The Morgan fingerprint density at radius 2 is 1.95 bits per heavy atom. The number of aromatic nitrogens is 1. The summed E-state index contributed by atoms with van der Waals surface area (Å²) in [5, 5.41) is 14.6. The van der Waals surface area contributed by atoms with Gasteiger partial charge in [0.2, 0.25) is 0 Å². The van der Waals surface area contributed by atoms with Crippen molar-refractivity contribution >= 4 is 39.7 Å². The van der Waals surface area contributed by atoms with Crippen LogP contribution in [0, 0.1) is 6.92 Å². The number of benzene rings is 2. The lowest BCUT2D eigenvalue weighted by atomic mass is 10.1. The standard InChI is InChI=1S/C28H34N4O4S/c1-18-9-10-21-20(13-18)23(32-16-22(24(33)17-32)30-27(34)36-28(2,3)4)14-26(29-21)31-11-12-37(35)25-8-6-5-7-19(25)15-31/h5-10,13-14,22,24,33H,11-12,15-17H2,1-4H3,(H,30,34). The van der Waals surface area contributed by atoms with Crippen molar-refractivity contribution in [2.75, 3.05) is 35.2 Å². The normalized spacial score (nSPS) is 22.1. The van der Waals surface area contributed by atoms with Gasteiger partial charge in [-0.1, -0.05) is 29.8 Å². The lowest BCUT2D eigenvalue weighted by Gasteiger charge is -2.26. The first-order valence-electron chi connectivity index (χ1n) is 12.6. The fourth-order valence-corrected chi connectivity index (χ4v) is 6.22. The van der Waals surface area contributed by atoms with Crippen molar-refractivity contribution in [3.63, 3.8) is 0 Å². The number of carbonyl (C=O) groups excluding carboxylic acids is 1. The predicted molar refractivity (Wildman–Crippen MR) is 147 cm³/mol. The molecule has 2 aliphatic rings. The molecule has 3 unspecified atom stereocenters. The van der Waals surface area contributed by atoms with Crippen LogP contribution < -0.4 is 15.1 Å². The molecule has 3 atom stereocenters. The largest absolute Gasteiger partial charge is 0.611 e. The molecule has 5 rings (SSSR count). The molecule has 1 saturated heterocycles. The van der Waals surface area contributed by atoms with Crippen LogP contribution >= 0.6 is 0 Å². The van der Waals surface area contributed by atoms with Gasteiger partial charge in [-0.05, 0) is 57.1 Å². The van der Waals surface area contributed by atoms with Crippen molar-refractivity contribution in [2.45, 2.75) is 56.9 Å². The number of amides is 1. The number of pyridine rings is 1. The maximum Gasteiger partial charge on any atom is 0.408 e. The van der Waals surface area contributed by atoms with Crippen LogP contribution in [0.4, 0.5) is 16.3 Å². The van der Waals surface area contributed by atoms with E-state index < -0.39 is 35.0 Å². The molecule has 1 aromatic heterocycles. The van der Waals surface area contributed by atoms with Gasteiger partial charge in [-0.2, -0.15) is 0 Å². The number of aliphatic hydroxyl groups is 1. The molecule has 0 saturated carbocycles. The van der Waals surface area contributed by atoms with Crippen LogP contribution in [-0.2, 0) is 22.5 Å². The number of hydrogen-bond acceptors (Lipinski definition) is 7. The number of aliphatic hydroxyl groups excluding tert-OH is 1. The number of anilines is 2. The maximum absolute atomic E-state index is 12.8. The molecule has 0 bridgehead atoms. The van der Waals surface area contributed by atoms with Crippen LogP contribution in [0.15, 0.2) is 53.4 Å². The van der Waals surface area contributed by atoms with Crippen LogP contribution in [0.2, 0.25) is 0 Å². The summed E-state index contributed by atoms with van der Waals surface area (Å²) in [5.74, 6) is 1.34. The van der Waals surface area contributed by atoms with E-state index in [1.165, 1.54) is 0 Å². The van der Waals surface area contributed by atoms with Crippen LogP contribution in [0.1, 0.15) is 31.9 Å². The predicted octanol–water partition coefficient (Wildman–Crippen LogP) is 3.75. The van der Waals surface area contributed by atoms with Gasteiger partial charge in [0.1, 0.15) is 17.2 Å². The van der Waals surface area contributed by atoms with E-state index in [2.05, 4.69) is 27.2 Å². The van der Waals surface area contributed by atoms with E-state index in [0.717, 1.165) is 38.4 Å². The zero-order chi connectivity index (χ0) is 26.3. The molecule has 2 aliphatic heterocycles. The number of fused-ring (bicyclic) bond motifs is 2. The minimum Gasteiger partial charge on any atom is -0.611 e. The minimum absolute atomic E-state index is 0.375. The summed E-state index contributed by atoms with van der Waals surface area (Å²) in [4.78, 5) is 22.5. The van der Waals surface area contributed by atoms with E-state index in [1.54, 1.807) is 0 Å². The first-order chi connectivity index (χ1) is 17.6. The third-order valence-corrected chi connectivity index (χ3v) is 8.15. The van der Waals surface area contributed by atoms with E-state index in [4.69, 9.17) is 9.72 Å². The van der Waals surface area contributed by atoms with Crippen LogP contribution in [-0.4, -0.2) is 63.9 Å². The molecule has 8 nitrogen and oxygen atoms in total. The molecule has 1 amide bonds. The average Bonchev–Trinajstić information content (AvgIpc) is 3.09. The molecule has 3 heterocycles. The first-order valence-corrected chi connectivity index (χ1v) is 13.9. The third kappa shape index (κ3) is 5.63. The SMILES string of the molecule is Cc1ccc2nc(N3CC[S+]([O-])c4ccccc4C3)cc(N3CC(O)C(NC(=O)OC(C)(C)C)C3)c2c1. The van der Waals surface area contributed by atoms with E-state index >= 15 is 0 Å². The Morgan fingerprint density at radius 3 is 2.73 bits per heavy atom. The number of rotatable bonds is 3. The first kappa shape index (κ1) is 25.6. The smallest absolute Gasteiger partial charge is 0.408 e. The molecule has 2 aromatic carbocycles. The number of hydrogen-bond donors (Lipinski definition) is 2. The topological polar surface area (TPSA) is 101 Å². The number of β-amino-alcohol motifs (C(OH)–C–C–N with tert-alkyl or cyclic N) is 1. The highest BCUT2D eigenvalue weighted by molar-refractivity contribution is 7.91. The molecule has 37 heavy (non-hydrogen) atoms. The zero-order valence-electron chi connectivity index (χ0n) is 21.7. The maximum atomic E-state index is 12.8. The van der Waals surface area contributed by atoms with Crippen LogP contribution in [0.3, 0.4) is 0 Å². The second kappa shape index (κ2) is 10.0. The van der Waals surface area contributed by atoms with Gasteiger partial charge >= 0.3 is 6.09 Å². The van der Waals surface area contributed by atoms with Crippen molar-refractivity contribution < 1.29 is 19.2 Å². The quantitative estimate of drug-likeness (QED) is 0.506. The highest BCUT2D eigenvalue weighted by Crippen LogP contribution is 2.35. The lowest BCUT2D eigenvalue weighted by Crippen LogP contribution is -2.45. The van der Waals surface area contributed by atoms with Gasteiger partial charge in [-0.15, -0.1) is 0 Å². The monoisotopic (exact) mass is 522 g/mol. The van der Waals surface area contributed by atoms with Gasteiger partial charge < -0.3 is 29.5 Å². The van der Waals surface area contributed by atoms with Crippen molar-refractivity contribution in [1.82, 2.24) is 10.3 Å². The molecule has 9 heteroatoms. The van der Waals surface area contributed by atoms with Gasteiger partial charge in [0.15, 0.2) is 4.90 Å².